The molecule has 34 heavy (non-hydrogen) atoms. The first-order chi connectivity index (χ1) is 16.3. The molecule has 11 heteroatoms. The minimum Gasteiger partial charge on any atom is -0.463 e. The van der Waals surface area contributed by atoms with Crippen molar-refractivity contribution in [1.29, 1.82) is 0 Å². The van der Waals surface area contributed by atoms with Gasteiger partial charge in [0.1, 0.15) is 18.8 Å². The largest absolute Gasteiger partial charge is 0.463 e. The monoisotopic (exact) mass is 469 g/mol. The molecule has 3 heterocycles. The normalized spacial score (nSPS) is 11.3. The van der Waals surface area contributed by atoms with E-state index < -0.39 is 18.8 Å². The van der Waals surface area contributed by atoms with Gasteiger partial charge in [-0.2, -0.15) is 13.2 Å². The van der Waals surface area contributed by atoms with Crippen molar-refractivity contribution in [3.05, 3.63) is 72.7 Å². The van der Waals surface area contributed by atoms with E-state index in [1.807, 2.05) is 34.9 Å². The van der Waals surface area contributed by atoms with Crippen molar-refractivity contribution >= 4 is 23.8 Å². The summed E-state index contributed by atoms with van der Waals surface area (Å²) in [5.74, 6) is 0. The van der Waals surface area contributed by atoms with Gasteiger partial charge in [-0.05, 0) is 30.3 Å². The predicted octanol–water partition coefficient (Wildman–Crippen LogP) is 4.42. The second-order valence-electron chi connectivity index (χ2n) is 7.25. The van der Waals surface area contributed by atoms with E-state index in [2.05, 4.69) is 15.3 Å². The van der Waals surface area contributed by atoms with Crippen LogP contribution < -0.4 is 10.6 Å². The lowest BCUT2D eigenvalue weighted by molar-refractivity contribution is -0.129. The fraction of sp³-hybridized carbons (Fsp3) is 0.130. The standard InChI is InChI=1S/C23H18F3N5O3/c24-23(25,26)13-29-22(33)30-18-3-1-2-17(8-18)20-11-28-21-9-16(6-7-31(20)21)19-5-4-15(10-27-19)12-34-14-32/h1-11,14H,12-13H2,(H2,29,30,33). The highest BCUT2D eigenvalue weighted by Crippen LogP contribution is 2.26. The van der Waals surface area contributed by atoms with E-state index in [1.165, 1.54) is 0 Å². The van der Waals surface area contributed by atoms with Gasteiger partial charge in [0, 0.05) is 34.8 Å². The third-order valence-corrected chi connectivity index (χ3v) is 4.82. The maximum absolute atomic E-state index is 12.3. The molecule has 4 aromatic rings. The van der Waals surface area contributed by atoms with Gasteiger partial charge in [-0.1, -0.05) is 18.2 Å². The zero-order chi connectivity index (χ0) is 24.1. The molecule has 2 amide bonds. The van der Waals surface area contributed by atoms with Crippen molar-refractivity contribution < 1.29 is 27.5 Å². The first-order valence-corrected chi connectivity index (χ1v) is 10.0. The Labute approximate surface area is 191 Å². The van der Waals surface area contributed by atoms with Crippen molar-refractivity contribution in [3.63, 3.8) is 0 Å². The molecule has 0 aliphatic heterocycles. The van der Waals surface area contributed by atoms with Gasteiger partial charge >= 0.3 is 12.2 Å². The number of carbonyl (C=O) groups is 2. The molecule has 174 valence electrons. The Morgan fingerprint density at radius 2 is 1.91 bits per heavy atom. The summed E-state index contributed by atoms with van der Waals surface area (Å²) in [7, 11) is 0. The number of carbonyl (C=O) groups excluding carboxylic acids is 2. The zero-order valence-electron chi connectivity index (χ0n) is 17.5. The molecule has 0 fully saturated rings. The molecule has 0 atom stereocenters. The van der Waals surface area contributed by atoms with Crippen LogP contribution in [0.2, 0.25) is 0 Å². The van der Waals surface area contributed by atoms with E-state index in [0.717, 1.165) is 22.5 Å². The lowest BCUT2D eigenvalue weighted by atomic mass is 10.1. The summed E-state index contributed by atoms with van der Waals surface area (Å²) in [6, 6.07) is 13.1. The van der Waals surface area contributed by atoms with Crippen LogP contribution in [0.5, 0.6) is 0 Å². The minimum atomic E-state index is -4.49. The Kier molecular flexibility index (Phi) is 6.44. The molecule has 0 radical (unpaired) electrons. The van der Waals surface area contributed by atoms with E-state index >= 15 is 0 Å². The van der Waals surface area contributed by atoms with Crippen molar-refractivity contribution in [1.82, 2.24) is 19.7 Å². The van der Waals surface area contributed by atoms with Crippen LogP contribution >= 0.6 is 0 Å². The summed E-state index contributed by atoms with van der Waals surface area (Å²) >= 11 is 0. The molecule has 0 saturated carbocycles. The van der Waals surface area contributed by atoms with Crippen LogP contribution in [-0.4, -0.2) is 39.6 Å². The lowest BCUT2D eigenvalue weighted by Gasteiger charge is -2.11. The zero-order valence-corrected chi connectivity index (χ0v) is 17.5. The van der Waals surface area contributed by atoms with Gasteiger partial charge in [0.2, 0.25) is 0 Å². The Balaban J connectivity index is 1.53. The average Bonchev–Trinajstić information content (AvgIpc) is 3.25. The number of alkyl halides is 3. The Morgan fingerprint density at radius 1 is 1.06 bits per heavy atom. The van der Waals surface area contributed by atoms with Crippen LogP contribution in [0.4, 0.5) is 23.7 Å². The molecular weight excluding hydrogens is 451 g/mol. The van der Waals surface area contributed by atoms with Crippen LogP contribution in [0.3, 0.4) is 0 Å². The molecule has 0 saturated heterocycles. The summed E-state index contributed by atoms with van der Waals surface area (Å²) in [6.45, 7) is -0.887. The van der Waals surface area contributed by atoms with Crippen LogP contribution in [0, 0.1) is 0 Å². The molecular formula is C23H18F3N5O3. The topological polar surface area (TPSA) is 97.6 Å². The number of ether oxygens (including phenoxy) is 1. The van der Waals surface area contributed by atoms with Gasteiger partial charge in [-0.15, -0.1) is 0 Å². The summed E-state index contributed by atoms with van der Waals surface area (Å²) in [5, 5.41) is 4.17. The second-order valence-corrected chi connectivity index (χ2v) is 7.25. The summed E-state index contributed by atoms with van der Waals surface area (Å²) in [5.41, 5.74) is 4.76. The highest BCUT2D eigenvalue weighted by molar-refractivity contribution is 5.90. The van der Waals surface area contributed by atoms with E-state index in [0.29, 0.717) is 23.4 Å². The molecule has 0 bridgehead atoms. The van der Waals surface area contributed by atoms with E-state index in [-0.39, 0.29) is 6.61 Å². The van der Waals surface area contributed by atoms with Gasteiger partial charge < -0.3 is 15.4 Å². The van der Waals surface area contributed by atoms with Gasteiger partial charge in [0.05, 0.1) is 17.6 Å². The second kappa shape index (κ2) is 9.61. The summed E-state index contributed by atoms with van der Waals surface area (Å²) in [4.78, 5) is 30.9. The molecule has 3 aromatic heterocycles. The lowest BCUT2D eigenvalue weighted by Crippen LogP contribution is -2.36. The number of pyridine rings is 2. The van der Waals surface area contributed by atoms with Gasteiger partial charge in [0.15, 0.2) is 0 Å². The minimum absolute atomic E-state index is 0.150. The number of hydrogen-bond acceptors (Lipinski definition) is 5. The molecule has 2 N–H and O–H groups in total. The fourth-order valence-electron chi connectivity index (χ4n) is 3.28. The van der Waals surface area contributed by atoms with Crippen LogP contribution in [0.25, 0.3) is 28.2 Å². The maximum Gasteiger partial charge on any atom is 0.405 e. The van der Waals surface area contributed by atoms with E-state index in [1.54, 1.807) is 42.0 Å². The van der Waals surface area contributed by atoms with Crippen LogP contribution in [0.15, 0.2) is 67.1 Å². The quantitative estimate of drug-likeness (QED) is 0.391. The number of rotatable bonds is 7. The van der Waals surface area contributed by atoms with Crippen molar-refractivity contribution in [3.8, 4) is 22.5 Å². The molecule has 0 unspecified atom stereocenters. The highest BCUT2D eigenvalue weighted by atomic mass is 19.4. The summed E-state index contributed by atoms with van der Waals surface area (Å²) in [6.07, 6.45) is 0.629. The number of anilines is 1. The van der Waals surface area contributed by atoms with Crippen LogP contribution in [-0.2, 0) is 16.1 Å². The van der Waals surface area contributed by atoms with E-state index in [9.17, 15) is 22.8 Å². The number of urea groups is 1. The number of fused-ring (bicyclic) bond motifs is 1. The molecule has 8 nitrogen and oxygen atoms in total. The van der Waals surface area contributed by atoms with Crippen LogP contribution in [0.1, 0.15) is 5.56 Å². The Bertz CT molecular complexity index is 1320. The van der Waals surface area contributed by atoms with Crippen molar-refractivity contribution in [2.24, 2.45) is 0 Å². The van der Waals surface area contributed by atoms with Crippen molar-refractivity contribution in [2.45, 2.75) is 12.8 Å². The fourth-order valence-corrected chi connectivity index (χ4v) is 3.28. The number of hydrogen-bond donors (Lipinski definition) is 2. The third-order valence-electron chi connectivity index (χ3n) is 4.82. The average molecular weight is 469 g/mol. The SMILES string of the molecule is O=COCc1ccc(-c2ccn3c(-c4cccc(NC(=O)NCC(F)(F)F)c4)cnc3c2)nc1. The molecule has 4 rings (SSSR count). The number of aromatic nitrogens is 3. The van der Waals surface area contributed by atoms with Gasteiger partial charge in [-0.3, -0.25) is 14.2 Å². The van der Waals surface area contributed by atoms with Crippen molar-refractivity contribution in [2.75, 3.05) is 11.9 Å². The highest BCUT2D eigenvalue weighted by Gasteiger charge is 2.27. The number of nitrogens with one attached hydrogen (secondary N) is 2. The Morgan fingerprint density at radius 3 is 2.65 bits per heavy atom. The molecule has 1 aromatic carbocycles. The molecule has 0 aliphatic carbocycles. The first-order valence-electron chi connectivity index (χ1n) is 10.0. The molecule has 0 aliphatic rings. The first kappa shape index (κ1) is 22.8. The molecule has 0 spiro atoms. The van der Waals surface area contributed by atoms with Gasteiger partial charge in [0.25, 0.3) is 6.47 Å². The number of halogens is 3. The number of imidazole rings is 1. The summed E-state index contributed by atoms with van der Waals surface area (Å²) < 4.78 is 43.4. The number of amides is 2. The predicted molar refractivity (Wildman–Crippen MR) is 118 cm³/mol. The smallest absolute Gasteiger partial charge is 0.405 e. The third kappa shape index (κ3) is 5.49. The number of benzene rings is 1. The van der Waals surface area contributed by atoms with E-state index in [4.69, 9.17) is 4.74 Å². The van der Waals surface area contributed by atoms with Gasteiger partial charge in [-0.25, -0.2) is 9.78 Å². The number of nitrogens with zero attached hydrogens (tertiary/aromatic N) is 3. The Hall–Kier alpha value is -4.41. The maximum atomic E-state index is 12.3.